The van der Waals surface area contributed by atoms with Crippen molar-refractivity contribution in [1.29, 1.82) is 0 Å². The van der Waals surface area contributed by atoms with Crippen molar-refractivity contribution >= 4 is 34.4 Å². The quantitative estimate of drug-likeness (QED) is 0.330. The zero-order valence-electron chi connectivity index (χ0n) is 16.4. The Balaban J connectivity index is 1.60. The largest absolute Gasteiger partial charge is 0.368 e. The maximum absolute atomic E-state index is 13.3. The minimum atomic E-state index is -0.313. The number of benzene rings is 2. The molecule has 0 atom stereocenters. The highest BCUT2D eigenvalue weighted by Crippen LogP contribution is 2.24. The number of H-pyrrole nitrogens is 1. The van der Waals surface area contributed by atoms with Crippen LogP contribution >= 0.6 is 11.8 Å². The van der Waals surface area contributed by atoms with E-state index >= 15 is 0 Å². The fourth-order valence-corrected chi connectivity index (χ4v) is 4.19. The second-order valence-electron chi connectivity index (χ2n) is 7.01. The van der Waals surface area contributed by atoms with Gasteiger partial charge in [0.1, 0.15) is 0 Å². The number of aryl methyl sites for hydroxylation is 1. The lowest BCUT2D eigenvalue weighted by molar-refractivity contribution is 0.818. The number of rotatable bonds is 4. The Hall–Kier alpha value is -3.92. The molecule has 154 valence electrons. The zero-order valence-corrected chi connectivity index (χ0v) is 17.3. The molecule has 0 radical (unpaired) electrons. The number of aromatic amines is 1. The van der Waals surface area contributed by atoms with Gasteiger partial charge in [0, 0.05) is 11.8 Å². The Kier molecular flexibility index (Phi) is 4.55. The van der Waals surface area contributed by atoms with Gasteiger partial charge in [-0.25, -0.2) is 9.97 Å². The van der Waals surface area contributed by atoms with Gasteiger partial charge in [-0.15, -0.1) is 0 Å². The third kappa shape index (κ3) is 3.46. The number of thioether (sulfide) groups is 1. The van der Waals surface area contributed by atoms with Gasteiger partial charge in [0.25, 0.3) is 16.9 Å². The minimum absolute atomic E-state index is 0.110. The van der Waals surface area contributed by atoms with Crippen LogP contribution < -0.4 is 16.9 Å². The molecule has 3 aromatic heterocycles. The molecule has 2 aromatic carbocycles. The first kappa shape index (κ1) is 19.1. The topological polar surface area (TPSA) is 124 Å². The molecule has 5 rings (SSSR count). The maximum Gasteiger partial charge on any atom is 0.274 e. The number of nitrogens with two attached hydrogens (primary N) is 1. The van der Waals surface area contributed by atoms with E-state index in [1.54, 1.807) is 10.6 Å². The van der Waals surface area contributed by atoms with E-state index in [1.165, 1.54) is 22.3 Å². The van der Waals surface area contributed by atoms with Gasteiger partial charge in [0.05, 0.1) is 22.3 Å². The van der Waals surface area contributed by atoms with Crippen molar-refractivity contribution in [3.05, 3.63) is 86.6 Å². The molecule has 3 heterocycles. The Bertz CT molecular complexity index is 1550. The number of nitrogens with zero attached hydrogens (tertiary/aromatic N) is 5. The molecule has 0 amide bonds. The van der Waals surface area contributed by atoms with Crippen molar-refractivity contribution in [2.45, 2.75) is 17.8 Å². The molecule has 0 aliphatic carbocycles. The van der Waals surface area contributed by atoms with E-state index < -0.39 is 0 Å². The number of nitrogens with one attached hydrogen (secondary N) is 1. The van der Waals surface area contributed by atoms with Crippen LogP contribution in [0.2, 0.25) is 0 Å². The summed E-state index contributed by atoms with van der Waals surface area (Å²) in [6.07, 6.45) is 0. The fourth-order valence-electron chi connectivity index (χ4n) is 3.29. The van der Waals surface area contributed by atoms with Crippen LogP contribution in [0.5, 0.6) is 0 Å². The van der Waals surface area contributed by atoms with Crippen LogP contribution in [0.25, 0.3) is 22.4 Å². The molecule has 31 heavy (non-hydrogen) atoms. The number of aromatic nitrogens is 6. The lowest BCUT2D eigenvalue weighted by atomic mass is 10.2. The highest BCUT2D eigenvalue weighted by molar-refractivity contribution is 7.98. The first-order valence-corrected chi connectivity index (χ1v) is 10.4. The molecule has 0 saturated carbocycles. The van der Waals surface area contributed by atoms with Gasteiger partial charge in [-0.05, 0) is 31.2 Å². The third-order valence-corrected chi connectivity index (χ3v) is 5.76. The fraction of sp³-hybridized carbons (Fsp3) is 0.0952. The molecule has 10 heteroatoms. The number of hydrogen-bond acceptors (Lipinski definition) is 7. The second kappa shape index (κ2) is 7.40. The molecule has 3 N–H and O–H groups in total. The van der Waals surface area contributed by atoms with Crippen LogP contribution in [0.1, 0.15) is 11.3 Å². The Labute approximate surface area is 179 Å². The second-order valence-corrected chi connectivity index (χ2v) is 7.95. The number of fused-ring (bicyclic) bond motifs is 2. The monoisotopic (exact) mass is 431 g/mol. The van der Waals surface area contributed by atoms with Crippen molar-refractivity contribution in [2.75, 3.05) is 5.73 Å². The molecule has 0 bridgehead atoms. The van der Waals surface area contributed by atoms with Crippen molar-refractivity contribution in [2.24, 2.45) is 0 Å². The summed E-state index contributed by atoms with van der Waals surface area (Å²) in [7, 11) is 0. The van der Waals surface area contributed by atoms with E-state index in [0.717, 1.165) is 11.3 Å². The van der Waals surface area contributed by atoms with Crippen LogP contribution in [-0.2, 0) is 5.75 Å². The number of nitrogen functional groups attached to an aromatic ring is 1. The van der Waals surface area contributed by atoms with Gasteiger partial charge in [0.2, 0.25) is 5.95 Å². The summed E-state index contributed by atoms with van der Waals surface area (Å²) in [5.74, 6) is 0.636. The summed E-state index contributed by atoms with van der Waals surface area (Å²) in [6.45, 7) is 1.99. The van der Waals surface area contributed by atoms with Gasteiger partial charge >= 0.3 is 0 Å². The summed E-state index contributed by atoms with van der Waals surface area (Å²) in [5, 5.41) is 3.68. The third-order valence-electron chi connectivity index (χ3n) is 4.79. The number of para-hydroxylation sites is 1. The molecule has 5 aromatic rings. The molecule has 0 saturated heterocycles. The summed E-state index contributed by atoms with van der Waals surface area (Å²) >= 11 is 1.32. The van der Waals surface area contributed by atoms with Crippen LogP contribution in [0, 0.1) is 6.92 Å². The van der Waals surface area contributed by atoms with E-state index in [9.17, 15) is 9.59 Å². The summed E-state index contributed by atoms with van der Waals surface area (Å²) in [4.78, 5) is 38.7. The van der Waals surface area contributed by atoms with Crippen LogP contribution in [-0.4, -0.2) is 29.1 Å². The first-order chi connectivity index (χ1) is 15.0. The van der Waals surface area contributed by atoms with Crippen LogP contribution in [0.15, 0.2) is 69.3 Å². The van der Waals surface area contributed by atoms with Crippen molar-refractivity contribution in [3.8, 4) is 5.69 Å². The first-order valence-electron chi connectivity index (χ1n) is 9.45. The predicted octanol–water partition coefficient (Wildman–Crippen LogP) is 2.30. The molecule has 0 spiro atoms. The average Bonchev–Trinajstić information content (AvgIpc) is 3.14. The number of anilines is 1. The van der Waals surface area contributed by atoms with E-state index in [0.29, 0.717) is 27.5 Å². The van der Waals surface area contributed by atoms with E-state index in [1.807, 2.05) is 49.4 Å². The average molecular weight is 431 g/mol. The zero-order chi connectivity index (χ0) is 21.5. The maximum atomic E-state index is 13.3. The van der Waals surface area contributed by atoms with Crippen LogP contribution in [0.3, 0.4) is 0 Å². The van der Waals surface area contributed by atoms with Gasteiger partial charge in [-0.2, -0.15) is 9.50 Å². The highest BCUT2D eigenvalue weighted by Gasteiger charge is 2.14. The predicted molar refractivity (Wildman–Crippen MR) is 120 cm³/mol. The molecule has 0 fully saturated rings. The standard InChI is InChI=1S/C21H17N7O2S/c1-12-6-8-14(9-7-12)27-18(30)15-4-2-3-5-16(15)24-21(27)31-11-13-10-17(29)28-20(23-13)25-19(22)26-28/h2-10H,11H2,1H3,(H3,22,23,25,26). The van der Waals surface area contributed by atoms with Crippen molar-refractivity contribution in [1.82, 2.24) is 29.1 Å². The molecular formula is C21H17N7O2S. The van der Waals surface area contributed by atoms with Crippen molar-refractivity contribution in [3.63, 3.8) is 0 Å². The van der Waals surface area contributed by atoms with Gasteiger partial charge < -0.3 is 5.73 Å². The summed E-state index contributed by atoms with van der Waals surface area (Å²) < 4.78 is 2.77. The Morgan fingerprint density at radius 3 is 2.61 bits per heavy atom. The molecule has 9 nitrogen and oxygen atoms in total. The SMILES string of the molecule is Cc1ccc(-n2c(SCc3cc(=O)n4[nH]c(N)nc4n3)nc3ccccc3c2=O)cc1. The van der Waals surface area contributed by atoms with E-state index in [2.05, 4.69) is 15.1 Å². The van der Waals surface area contributed by atoms with E-state index in [4.69, 9.17) is 10.7 Å². The lowest BCUT2D eigenvalue weighted by Gasteiger charge is -2.13. The van der Waals surface area contributed by atoms with E-state index in [-0.39, 0.29) is 22.8 Å². The highest BCUT2D eigenvalue weighted by atomic mass is 32.2. The normalized spacial score (nSPS) is 11.4. The van der Waals surface area contributed by atoms with Gasteiger partial charge in [0.15, 0.2) is 5.16 Å². The smallest absolute Gasteiger partial charge is 0.274 e. The molecule has 0 aliphatic rings. The van der Waals surface area contributed by atoms with Crippen LogP contribution in [0.4, 0.5) is 5.95 Å². The molecular weight excluding hydrogens is 414 g/mol. The Morgan fingerprint density at radius 2 is 1.81 bits per heavy atom. The lowest BCUT2D eigenvalue weighted by Crippen LogP contribution is -2.22. The Morgan fingerprint density at radius 1 is 1.03 bits per heavy atom. The summed E-state index contributed by atoms with van der Waals surface area (Å²) in [6, 6.07) is 16.3. The van der Waals surface area contributed by atoms with Gasteiger partial charge in [-0.3, -0.25) is 19.3 Å². The molecule has 0 unspecified atom stereocenters. The van der Waals surface area contributed by atoms with Gasteiger partial charge in [-0.1, -0.05) is 41.6 Å². The number of hydrogen-bond donors (Lipinski definition) is 2. The van der Waals surface area contributed by atoms with Crippen molar-refractivity contribution < 1.29 is 0 Å². The summed E-state index contributed by atoms with van der Waals surface area (Å²) in [5.41, 5.74) is 8.10. The minimum Gasteiger partial charge on any atom is -0.368 e. The molecule has 0 aliphatic heterocycles.